The highest BCUT2D eigenvalue weighted by Gasteiger charge is 2.00. The number of carbonyl (C=O) groups is 1. The summed E-state index contributed by atoms with van der Waals surface area (Å²) in [5, 5.41) is 0. The zero-order valence-electron chi connectivity index (χ0n) is 10.6. The Hall–Kier alpha value is -1.59. The highest BCUT2D eigenvalue weighted by Crippen LogP contribution is 2.13. The first-order valence-corrected chi connectivity index (χ1v) is 5.96. The molecule has 5 nitrogen and oxygen atoms in total. The summed E-state index contributed by atoms with van der Waals surface area (Å²) in [5.74, 6) is 5.68. The summed E-state index contributed by atoms with van der Waals surface area (Å²) in [5.41, 5.74) is 3.20. The normalized spacial score (nSPS) is 10.1. The van der Waals surface area contributed by atoms with Gasteiger partial charge in [-0.2, -0.15) is 0 Å². The zero-order chi connectivity index (χ0) is 13.2. The molecule has 0 heterocycles. The fraction of sp³-hybridized carbons (Fsp3) is 0.462. The molecule has 0 aromatic heterocycles. The molecule has 0 spiro atoms. The van der Waals surface area contributed by atoms with Crippen molar-refractivity contribution in [2.24, 2.45) is 5.84 Å². The molecule has 0 fully saturated rings. The molecule has 0 saturated heterocycles. The molecule has 0 aliphatic rings. The van der Waals surface area contributed by atoms with Crippen LogP contribution in [0.2, 0.25) is 0 Å². The van der Waals surface area contributed by atoms with Crippen molar-refractivity contribution in [1.82, 2.24) is 5.43 Å². The van der Waals surface area contributed by atoms with Crippen LogP contribution in [0.5, 0.6) is 5.75 Å². The van der Waals surface area contributed by atoms with Gasteiger partial charge in [-0.3, -0.25) is 10.2 Å². The summed E-state index contributed by atoms with van der Waals surface area (Å²) in [6.07, 6.45) is 1.94. The monoisotopic (exact) mass is 252 g/mol. The van der Waals surface area contributed by atoms with E-state index in [9.17, 15) is 4.79 Å². The molecule has 1 aromatic rings. The van der Waals surface area contributed by atoms with Gasteiger partial charge < -0.3 is 9.47 Å². The highest BCUT2D eigenvalue weighted by atomic mass is 16.5. The van der Waals surface area contributed by atoms with Crippen molar-refractivity contribution < 1.29 is 14.3 Å². The molecule has 0 aliphatic heterocycles. The number of amides is 1. The Labute approximate surface area is 107 Å². The maximum atomic E-state index is 11.0. The molecule has 1 rings (SSSR count). The van der Waals surface area contributed by atoms with Crippen LogP contribution in [0.3, 0.4) is 0 Å². The molecule has 1 aromatic carbocycles. The van der Waals surface area contributed by atoms with Crippen LogP contribution in [0.1, 0.15) is 18.4 Å². The SMILES string of the molecule is COCCCOc1ccc(CCC(=O)NN)cc1. The minimum Gasteiger partial charge on any atom is -0.494 e. The smallest absolute Gasteiger partial charge is 0.234 e. The second-order valence-corrected chi connectivity index (χ2v) is 3.91. The van der Waals surface area contributed by atoms with Crippen molar-refractivity contribution in [3.05, 3.63) is 29.8 Å². The third-order valence-corrected chi connectivity index (χ3v) is 2.49. The van der Waals surface area contributed by atoms with Crippen molar-refractivity contribution in [3.63, 3.8) is 0 Å². The van der Waals surface area contributed by atoms with Gasteiger partial charge in [-0.05, 0) is 24.1 Å². The van der Waals surface area contributed by atoms with Gasteiger partial charge in [0, 0.05) is 26.6 Å². The number of nitrogens with two attached hydrogens (primary N) is 1. The summed E-state index contributed by atoms with van der Waals surface area (Å²) in [6, 6.07) is 7.72. The van der Waals surface area contributed by atoms with Gasteiger partial charge in [-0.25, -0.2) is 5.84 Å². The van der Waals surface area contributed by atoms with Crippen LogP contribution in [0.15, 0.2) is 24.3 Å². The molecule has 3 N–H and O–H groups in total. The summed E-state index contributed by atoms with van der Waals surface area (Å²) in [7, 11) is 1.67. The van der Waals surface area contributed by atoms with Crippen LogP contribution in [-0.2, 0) is 16.0 Å². The molecule has 0 atom stereocenters. The van der Waals surface area contributed by atoms with Crippen LogP contribution in [-0.4, -0.2) is 26.2 Å². The summed E-state index contributed by atoms with van der Waals surface area (Å²) >= 11 is 0. The lowest BCUT2D eigenvalue weighted by Gasteiger charge is -2.06. The molecular formula is C13H20N2O3. The highest BCUT2D eigenvalue weighted by molar-refractivity contribution is 5.75. The Morgan fingerprint density at radius 2 is 2.00 bits per heavy atom. The molecule has 0 unspecified atom stereocenters. The maximum absolute atomic E-state index is 11.0. The topological polar surface area (TPSA) is 73.6 Å². The lowest BCUT2D eigenvalue weighted by molar-refractivity contribution is -0.121. The second kappa shape index (κ2) is 8.49. The second-order valence-electron chi connectivity index (χ2n) is 3.91. The number of benzene rings is 1. The largest absolute Gasteiger partial charge is 0.494 e. The summed E-state index contributed by atoms with van der Waals surface area (Å²) in [4.78, 5) is 11.0. The molecule has 0 aliphatic carbocycles. The third-order valence-electron chi connectivity index (χ3n) is 2.49. The molecule has 5 heteroatoms. The first-order chi connectivity index (χ1) is 8.76. The third kappa shape index (κ3) is 5.65. The Morgan fingerprint density at radius 3 is 2.61 bits per heavy atom. The zero-order valence-corrected chi connectivity index (χ0v) is 10.6. The van der Waals surface area contributed by atoms with Gasteiger partial charge in [0.25, 0.3) is 0 Å². The minimum absolute atomic E-state index is 0.158. The van der Waals surface area contributed by atoms with E-state index in [1.165, 1.54) is 0 Å². The van der Waals surface area contributed by atoms with Crippen molar-refractivity contribution in [3.8, 4) is 5.75 Å². The van der Waals surface area contributed by atoms with Crippen molar-refractivity contribution >= 4 is 5.91 Å². The lowest BCUT2D eigenvalue weighted by Crippen LogP contribution is -2.30. The van der Waals surface area contributed by atoms with Crippen LogP contribution in [0, 0.1) is 0 Å². The van der Waals surface area contributed by atoms with Crippen LogP contribution in [0.4, 0.5) is 0 Å². The van der Waals surface area contributed by atoms with Crippen molar-refractivity contribution in [2.75, 3.05) is 20.3 Å². The van der Waals surface area contributed by atoms with Gasteiger partial charge in [0.2, 0.25) is 5.91 Å². The van der Waals surface area contributed by atoms with Gasteiger partial charge in [0.1, 0.15) is 5.75 Å². The Morgan fingerprint density at radius 1 is 1.28 bits per heavy atom. The Kier molecular flexibility index (Phi) is 6.83. The van der Waals surface area contributed by atoms with E-state index in [1.807, 2.05) is 24.3 Å². The standard InChI is InChI=1S/C13H20N2O3/c1-17-9-2-10-18-12-6-3-11(4-7-12)5-8-13(16)15-14/h3-4,6-7H,2,5,8-10,14H2,1H3,(H,15,16). The van der Waals surface area contributed by atoms with E-state index in [4.69, 9.17) is 15.3 Å². The molecular weight excluding hydrogens is 232 g/mol. The van der Waals surface area contributed by atoms with Gasteiger partial charge in [-0.1, -0.05) is 12.1 Å². The lowest BCUT2D eigenvalue weighted by atomic mass is 10.1. The van der Waals surface area contributed by atoms with E-state index in [2.05, 4.69) is 5.43 Å². The molecule has 0 radical (unpaired) electrons. The number of aryl methyl sites for hydroxylation is 1. The molecule has 100 valence electrons. The number of hydrazine groups is 1. The number of ether oxygens (including phenoxy) is 2. The maximum Gasteiger partial charge on any atom is 0.234 e. The van der Waals surface area contributed by atoms with E-state index in [0.29, 0.717) is 26.1 Å². The number of hydrogen-bond donors (Lipinski definition) is 2. The van der Waals surface area contributed by atoms with Crippen LogP contribution >= 0.6 is 0 Å². The molecule has 0 saturated carbocycles. The van der Waals surface area contributed by atoms with Crippen LogP contribution in [0.25, 0.3) is 0 Å². The van der Waals surface area contributed by atoms with Gasteiger partial charge in [0.15, 0.2) is 0 Å². The average Bonchev–Trinajstić information content (AvgIpc) is 2.42. The van der Waals surface area contributed by atoms with E-state index in [1.54, 1.807) is 7.11 Å². The van der Waals surface area contributed by atoms with E-state index in [0.717, 1.165) is 17.7 Å². The molecule has 1 amide bonds. The Balaban J connectivity index is 2.31. The fourth-order valence-corrected chi connectivity index (χ4v) is 1.48. The van der Waals surface area contributed by atoms with Gasteiger partial charge in [-0.15, -0.1) is 0 Å². The van der Waals surface area contributed by atoms with E-state index >= 15 is 0 Å². The number of nitrogens with one attached hydrogen (secondary N) is 1. The number of hydrogen-bond acceptors (Lipinski definition) is 4. The van der Waals surface area contributed by atoms with Gasteiger partial charge in [0.05, 0.1) is 6.61 Å². The van der Waals surface area contributed by atoms with Gasteiger partial charge >= 0.3 is 0 Å². The number of methoxy groups -OCH3 is 1. The first-order valence-electron chi connectivity index (χ1n) is 5.96. The van der Waals surface area contributed by atoms with Crippen molar-refractivity contribution in [2.45, 2.75) is 19.3 Å². The predicted octanol–water partition coefficient (Wildman–Crippen LogP) is 1.02. The average molecular weight is 252 g/mol. The predicted molar refractivity (Wildman–Crippen MR) is 69.1 cm³/mol. The first kappa shape index (κ1) is 14.5. The Bertz CT molecular complexity index is 352. The summed E-state index contributed by atoms with van der Waals surface area (Å²) in [6.45, 7) is 1.34. The number of rotatable bonds is 8. The number of carbonyl (C=O) groups excluding carboxylic acids is 1. The molecule has 18 heavy (non-hydrogen) atoms. The quantitative estimate of drug-likeness (QED) is 0.313. The summed E-state index contributed by atoms with van der Waals surface area (Å²) < 4.78 is 10.5. The van der Waals surface area contributed by atoms with E-state index < -0.39 is 0 Å². The molecule has 0 bridgehead atoms. The fourth-order valence-electron chi connectivity index (χ4n) is 1.48. The van der Waals surface area contributed by atoms with Crippen molar-refractivity contribution in [1.29, 1.82) is 0 Å². The van der Waals surface area contributed by atoms with E-state index in [-0.39, 0.29) is 5.91 Å². The minimum atomic E-state index is -0.158. The van der Waals surface area contributed by atoms with Crippen LogP contribution < -0.4 is 16.0 Å².